The van der Waals surface area contributed by atoms with E-state index in [0.717, 1.165) is 18.5 Å². The van der Waals surface area contributed by atoms with Crippen molar-refractivity contribution in [2.75, 3.05) is 32.1 Å². The predicted octanol–water partition coefficient (Wildman–Crippen LogP) is 4.24. The number of nitrogens with zero attached hydrogens (tertiary/aromatic N) is 2. The van der Waals surface area contributed by atoms with Crippen LogP contribution in [0.3, 0.4) is 0 Å². The first-order valence-corrected chi connectivity index (χ1v) is 8.85. The average Bonchev–Trinajstić information content (AvgIpc) is 2.46. The molecule has 20 heavy (non-hydrogen) atoms. The zero-order valence-corrected chi connectivity index (χ0v) is 15.1. The molecule has 2 nitrogen and oxygen atoms in total. The third-order valence-corrected chi connectivity index (χ3v) is 5.32. The summed E-state index contributed by atoms with van der Waals surface area (Å²) in [6, 6.07) is 9.75. The van der Waals surface area contributed by atoms with Gasteiger partial charge in [0, 0.05) is 28.4 Å². The van der Waals surface area contributed by atoms with Crippen LogP contribution in [0.1, 0.15) is 32.6 Å². The first-order valence-electron chi connectivity index (χ1n) is 7.77. The standard InChI is InChI=1S/C17H27IN2/c1-4-20(17-11-7-15(18)8-12-17)13-14-5-9-16(10-6-14)19(2)3/h7-8,11-12,14,16H,4-6,9-10,13H2,1-3H3/t14-,16-. The van der Waals surface area contributed by atoms with Crippen LogP contribution in [0.4, 0.5) is 5.69 Å². The van der Waals surface area contributed by atoms with Gasteiger partial charge in [0.25, 0.3) is 0 Å². The van der Waals surface area contributed by atoms with Crippen molar-refractivity contribution in [3.63, 3.8) is 0 Å². The van der Waals surface area contributed by atoms with Crippen LogP contribution >= 0.6 is 22.6 Å². The van der Waals surface area contributed by atoms with Crippen LogP contribution < -0.4 is 4.90 Å². The van der Waals surface area contributed by atoms with Crippen LogP contribution in [0.2, 0.25) is 0 Å². The molecule has 0 aromatic heterocycles. The van der Waals surface area contributed by atoms with Crippen molar-refractivity contribution in [2.45, 2.75) is 38.6 Å². The minimum atomic E-state index is 0.805. The highest BCUT2D eigenvalue weighted by Gasteiger charge is 2.23. The molecule has 1 fully saturated rings. The highest BCUT2D eigenvalue weighted by molar-refractivity contribution is 14.1. The topological polar surface area (TPSA) is 6.48 Å². The van der Waals surface area contributed by atoms with Crippen molar-refractivity contribution in [1.82, 2.24) is 4.90 Å². The highest BCUT2D eigenvalue weighted by Crippen LogP contribution is 2.28. The van der Waals surface area contributed by atoms with Crippen LogP contribution in [-0.2, 0) is 0 Å². The van der Waals surface area contributed by atoms with Gasteiger partial charge in [-0.05, 0) is 99.5 Å². The quantitative estimate of drug-likeness (QED) is 0.699. The Hall–Kier alpha value is -0.290. The maximum absolute atomic E-state index is 2.54. The highest BCUT2D eigenvalue weighted by atomic mass is 127. The smallest absolute Gasteiger partial charge is 0.0366 e. The van der Waals surface area contributed by atoms with Crippen molar-refractivity contribution < 1.29 is 0 Å². The van der Waals surface area contributed by atoms with E-state index < -0.39 is 0 Å². The van der Waals surface area contributed by atoms with Gasteiger partial charge in [-0.1, -0.05) is 0 Å². The zero-order chi connectivity index (χ0) is 14.5. The fourth-order valence-corrected chi connectivity index (χ4v) is 3.58. The van der Waals surface area contributed by atoms with Crippen molar-refractivity contribution >= 4 is 28.3 Å². The molecule has 0 aliphatic heterocycles. The van der Waals surface area contributed by atoms with Gasteiger partial charge in [-0.3, -0.25) is 0 Å². The summed E-state index contributed by atoms with van der Waals surface area (Å²) in [5, 5.41) is 0. The van der Waals surface area contributed by atoms with E-state index in [0.29, 0.717) is 0 Å². The van der Waals surface area contributed by atoms with E-state index in [9.17, 15) is 0 Å². The Bertz CT molecular complexity index is 394. The molecule has 0 atom stereocenters. The van der Waals surface area contributed by atoms with Crippen LogP contribution in [-0.4, -0.2) is 38.1 Å². The summed E-state index contributed by atoms with van der Waals surface area (Å²) in [7, 11) is 4.43. The number of rotatable bonds is 5. The lowest BCUT2D eigenvalue weighted by Crippen LogP contribution is -2.36. The van der Waals surface area contributed by atoms with E-state index in [1.165, 1.54) is 41.5 Å². The van der Waals surface area contributed by atoms with E-state index in [1.807, 2.05) is 0 Å². The molecule has 3 heteroatoms. The van der Waals surface area contributed by atoms with E-state index in [-0.39, 0.29) is 0 Å². The average molecular weight is 386 g/mol. The molecule has 1 aliphatic carbocycles. The van der Waals surface area contributed by atoms with Gasteiger partial charge in [0.15, 0.2) is 0 Å². The van der Waals surface area contributed by atoms with Crippen LogP contribution in [0.25, 0.3) is 0 Å². The first-order chi connectivity index (χ1) is 9.60. The van der Waals surface area contributed by atoms with Gasteiger partial charge in [0.2, 0.25) is 0 Å². The van der Waals surface area contributed by atoms with Gasteiger partial charge in [-0.25, -0.2) is 0 Å². The molecule has 0 saturated heterocycles. The van der Waals surface area contributed by atoms with E-state index in [2.05, 4.69) is 77.7 Å². The summed E-state index contributed by atoms with van der Waals surface area (Å²) in [6.45, 7) is 4.59. The Morgan fingerprint density at radius 2 is 1.65 bits per heavy atom. The summed E-state index contributed by atoms with van der Waals surface area (Å²) in [5.74, 6) is 0.866. The molecule has 1 aromatic carbocycles. The Kier molecular flexibility index (Phi) is 6.15. The second-order valence-electron chi connectivity index (χ2n) is 6.15. The molecule has 0 bridgehead atoms. The van der Waals surface area contributed by atoms with E-state index in [4.69, 9.17) is 0 Å². The van der Waals surface area contributed by atoms with Crippen LogP contribution in [0.5, 0.6) is 0 Å². The molecule has 0 spiro atoms. The first kappa shape index (κ1) is 16.1. The molecule has 1 aliphatic rings. The van der Waals surface area contributed by atoms with E-state index >= 15 is 0 Å². The number of halogens is 1. The van der Waals surface area contributed by atoms with Crippen molar-refractivity contribution in [1.29, 1.82) is 0 Å². The lowest BCUT2D eigenvalue weighted by atomic mass is 9.85. The predicted molar refractivity (Wildman–Crippen MR) is 96.5 cm³/mol. The van der Waals surface area contributed by atoms with Crippen LogP contribution in [0.15, 0.2) is 24.3 Å². The lowest BCUT2D eigenvalue weighted by Gasteiger charge is -2.35. The Labute approximate surface area is 137 Å². The third-order valence-electron chi connectivity index (χ3n) is 4.60. The van der Waals surface area contributed by atoms with Gasteiger partial charge in [-0.2, -0.15) is 0 Å². The third kappa shape index (κ3) is 4.35. The Balaban J connectivity index is 1.89. The molecule has 0 heterocycles. The molecule has 0 radical (unpaired) electrons. The summed E-state index contributed by atoms with van der Waals surface area (Å²) in [4.78, 5) is 4.93. The Morgan fingerprint density at radius 1 is 1.05 bits per heavy atom. The van der Waals surface area contributed by atoms with Gasteiger partial charge in [0.05, 0.1) is 0 Å². The summed E-state index contributed by atoms with van der Waals surface area (Å²) < 4.78 is 1.31. The van der Waals surface area contributed by atoms with Crippen LogP contribution in [0, 0.1) is 9.49 Å². The largest absolute Gasteiger partial charge is 0.372 e. The van der Waals surface area contributed by atoms with Crippen molar-refractivity contribution in [3.8, 4) is 0 Å². The zero-order valence-electron chi connectivity index (χ0n) is 13.0. The normalized spacial score (nSPS) is 23.1. The number of hydrogen-bond acceptors (Lipinski definition) is 2. The van der Waals surface area contributed by atoms with Gasteiger partial charge in [0.1, 0.15) is 0 Å². The molecule has 0 unspecified atom stereocenters. The summed E-state index contributed by atoms with van der Waals surface area (Å²) in [6.07, 6.45) is 5.48. The SMILES string of the molecule is CCN(C[C@H]1CC[C@H](N(C)C)CC1)c1ccc(I)cc1. The molecular weight excluding hydrogens is 359 g/mol. The minimum Gasteiger partial charge on any atom is -0.372 e. The number of anilines is 1. The molecule has 112 valence electrons. The fourth-order valence-electron chi connectivity index (χ4n) is 3.22. The van der Waals surface area contributed by atoms with Gasteiger partial charge < -0.3 is 9.80 Å². The van der Waals surface area contributed by atoms with Crippen molar-refractivity contribution in [3.05, 3.63) is 27.8 Å². The summed E-state index contributed by atoms with van der Waals surface area (Å²) in [5.41, 5.74) is 1.38. The Morgan fingerprint density at radius 3 is 2.15 bits per heavy atom. The maximum Gasteiger partial charge on any atom is 0.0366 e. The van der Waals surface area contributed by atoms with Gasteiger partial charge in [-0.15, -0.1) is 0 Å². The molecule has 1 saturated carbocycles. The number of hydrogen-bond donors (Lipinski definition) is 0. The molecule has 1 aromatic rings. The molecule has 2 rings (SSSR count). The lowest BCUT2D eigenvalue weighted by molar-refractivity contribution is 0.195. The summed E-state index contributed by atoms with van der Waals surface area (Å²) >= 11 is 2.37. The fraction of sp³-hybridized carbons (Fsp3) is 0.647. The molecule has 0 amide bonds. The second-order valence-corrected chi connectivity index (χ2v) is 7.40. The molecular formula is C17H27IN2. The van der Waals surface area contributed by atoms with Crippen molar-refractivity contribution in [2.24, 2.45) is 5.92 Å². The molecule has 0 N–H and O–H groups in total. The van der Waals surface area contributed by atoms with Gasteiger partial charge >= 0.3 is 0 Å². The second kappa shape index (κ2) is 7.64. The number of benzene rings is 1. The maximum atomic E-state index is 2.54. The minimum absolute atomic E-state index is 0.805. The monoisotopic (exact) mass is 386 g/mol. The van der Waals surface area contributed by atoms with E-state index in [1.54, 1.807) is 0 Å².